The maximum absolute atomic E-state index is 9.79. The summed E-state index contributed by atoms with van der Waals surface area (Å²) in [5, 5.41) is 0. The van der Waals surface area contributed by atoms with Crippen molar-refractivity contribution in [2.24, 2.45) is 0 Å². The third-order valence-corrected chi connectivity index (χ3v) is 1.39. The van der Waals surface area contributed by atoms with Gasteiger partial charge in [0.05, 0.1) is 5.75 Å². The molecule has 0 aromatic carbocycles. The molecule has 0 aromatic rings. The van der Waals surface area contributed by atoms with Crippen molar-refractivity contribution in [1.29, 1.82) is 0 Å². The quantitative estimate of drug-likeness (QED) is 0.543. The van der Waals surface area contributed by atoms with Crippen LogP contribution in [0.4, 0.5) is 0 Å². The minimum atomic E-state index is -4.67. The monoisotopic (exact) mass is 222 g/mol. The van der Waals surface area contributed by atoms with E-state index < -0.39 is 20.5 Å². The second-order valence-corrected chi connectivity index (χ2v) is 4.20. The van der Waals surface area contributed by atoms with E-state index >= 15 is 0 Å². The van der Waals surface area contributed by atoms with E-state index in [0.717, 1.165) is 0 Å². The Kier molecular flexibility index (Phi) is 6.48. The highest BCUT2D eigenvalue weighted by Crippen LogP contribution is 1.83. The fourth-order valence-corrected chi connectivity index (χ4v) is 0.774. The smallest absolute Gasteiger partial charge is 0.286 e. The van der Waals surface area contributed by atoms with Gasteiger partial charge in [-0.3, -0.25) is 13.7 Å². The molecule has 0 saturated heterocycles. The maximum atomic E-state index is 9.79. The van der Waals surface area contributed by atoms with Crippen LogP contribution in [0, 0.1) is 0 Å². The summed E-state index contributed by atoms with van der Waals surface area (Å²) in [5.74, 6) is -0.132. The molecule has 0 fully saturated rings. The zero-order valence-corrected chi connectivity index (χ0v) is 7.84. The summed E-state index contributed by atoms with van der Waals surface area (Å²) < 4.78 is 59.1. The zero-order chi connectivity index (χ0) is 10.4. The minimum absolute atomic E-state index is 0.132. The predicted octanol–water partition coefficient (Wildman–Crippen LogP) is -0.369. The third kappa shape index (κ3) is 52.8. The molecule has 76 valence electrons. The molecule has 0 atom stereocenters. The van der Waals surface area contributed by atoms with Crippen LogP contribution in [0.15, 0.2) is 0 Å². The van der Waals surface area contributed by atoms with Crippen LogP contribution in [-0.4, -0.2) is 36.2 Å². The van der Waals surface area contributed by atoms with Crippen LogP contribution in [0.2, 0.25) is 0 Å². The lowest BCUT2D eigenvalue weighted by atomic mass is 10.6. The summed E-state index contributed by atoms with van der Waals surface area (Å²) in [4.78, 5) is 0. The summed E-state index contributed by atoms with van der Waals surface area (Å²) in [5.41, 5.74) is 0. The molecule has 9 heteroatoms. The van der Waals surface area contributed by atoms with E-state index in [9.17, 15) is 8.42 Å². The Morgan fingerprint density at radius 2 is 1.25 bits per heavy atom. The van der Waals surface area contributed by atoms with E-state index in [1.54, 1.807) is 6.92 Å². The van der Waals surface area contributed by atoms with Gasteiger partial charge in [-0.15, -0.1) is 0 Å². The molecule has 0 heterocycles. The molecule has 0 radical (unpaired) electrons. The number of rotatable bonds is 2. The Labute approximate surface area is 70.7 Å². The van der Waals surface area contributed by atoms with Crippen LogP contribution < -0.4 is 0 Å². The van der Waals surface area contributed by atoms with E-state index in [2.05, 4.69) is 0 Å². The standard InChI is InChI=1S/C3H8O3S.H2O4S/c1-2-3-7(4,5)6;1-5(2,3)4/h2-3H2,1H3,(H,4,5,6);(H2,1,2,3,4). The van der Waals surface area contributed by atoms with Gasteiger partial charge in [-0.05, 0) is 6.42 Å². The van der Waals surface area contributed by atoms with E-state index in [1.807, 2.05) is 0 Å². The molecule has 0 saturated carbocycles. The van der Waals surface area contributed by atoms with Crippen molar-refractivity contribution in [2.75, 3.05) is 5.75 Å². The summed E-state index contributed by atoms with van der Waals surface area (Å²) in [6.07, 6.45) is 0.471. The molecular weight excluding hydrogens is 212 g/mol. The van der Waals surface area contributed by atoms with Crippen molar-refractivity contribution in [3.05, 3.63) is 0 Å². The Hall–Kier alpha value is -0.220. The Balaban J connectivity index is 0. The van der Waals surface area contributed by atoms with Gasteiger partial charge in [0.1, 0.15) is 0 Å². The summed E-state index contributed by atoms with van der Waals surface area (Å²) in [6.45, 7) is 1.69. The first-order chi connectivity index (χ1) is 5.06. The van der Waals surface area contributed by atoms with Gasteiger partial charge in [-0.1, -0.05) is 6.92 Å². The van der Waals surface area contributed by atoms with Crippen LogP contribution in [0.3, 0.4) is 0 Å². The Bertz CT molecular complexity index is 277. The van der Waals surface area contributed by atoms with Crippen molar-refractivity contribution in [3.8, 4) is 0 Å². The van der Waals surface area contributed by atoms with Gasteiger partial charge < -0.3 is 0 Å². The maximum Gasteiger partial charge on any atom is 0.394 e. The number of hydrogen-bond donors (Lipinski definition) is 3. The molecule has 0 aliphatic rings. The van der Waals surface area contributed by atoms with E-state index in [-0.39, 0.29) is 5.75 Å². The van der Waals surface area contributed by atoms with Crippen LogP contribution in [-0.2, 0) is 20.5 Å². The highest BCUT2D eigenvalue weighted by atomic mass is 32.3. The normalized spacial score (nSPS) is 11.7. The predicted molar refractivity (Wildman–Crippen MR) is 40.9 cm³/mol. The molecule has 0 rings (SSSR count). The first kappa shape index (κ1) is 14.3. The molecule has 0 amide bonds. The van der Waals surface area contributed by atoms with E-state index in [4.69, 9.17) is 22.1 Å². The van der Waals surface area contributed by atoms with Crippen molar-refractivity contribution >= 4 is 20.5 Å². The third-order valence-electron chi connectivity index (χ3n) is 0.462. The lowest BCUT2D eigenvalue weighted by Crippen LogP contribution is -2.01. The summed E-state index contributed by atoms with van der Waals surface area (Å²) in [6, 6.07) is 0. The SMILES string of the molecule is CCCS(=O)(=O)O.O=S(=O)(O)O. The van der Waals surface area contributed by atoms with Gasteiger partial charge in [0.25, 0.3) is 10.1 Å². The molecule has 3 N–H and O–H groups in total. The van der Waals surface area contributed by atoms with Crippen LogP contribution >= 0.6 is 0 Å². The van der Waals surface area contributed by atoms with Crippen LogP contribution in [0.1, 0.15) is 13.3 Å². The van der Waals surface area contributed by atoms with Gasteiger partial charge in [-0.2, -0.15) is 16.8 Å². The average Bonchev–Trinajstić information content (AvgIpc) is 1.54. The zero-order valence-electron chi connectivity index (χ0n) is 6.21. The van der Waals surface area contributed by atoms with Gasteiger partial charge >= 0.3 is 10.4 Å². The fourth-order valence-electron chi connectivity index (χ4n) is 0.258. The highest BCUT2D eigenvalue weighted by Gasteiger charge is 1.98. The van der Waals surface area contributed by atoms with Crippen molar-refractivity contribution < 1.29 is 30.5 Å². The van der Waals surface area contributed by atoms with Gasteiger partial charge in [0, 0.05) is 0 Å². The molecule has 0 unspecified atom stereocenters. The average molecular weight is 222 g/mol. The molecule has 0 aliphatic carbocycles. The molecule has 0 bridgehead atoms. The van der Waals surface area contributed by atoms with Gasteiger partial charge in [-0.25, -0.2) is 0 Å². The first-order valence-corrected chi connectivity index (χ1v) is 5.72. The topological polar surface area (TPSA) is 129 Å². The molecule has 0 aliphatic heterocycles. The van der Waals surface area contributed by atoms with Crippen molar-refractivity contribution in [2.45, 2.75) is 13.3 Å². The second kappa shape index (κ2) is 5.43. The molecule has 7 nitrogen and oxygen atoms in total. The van der Waals surface area contributed by atoms with Crippen LogP contribution in [0.5, 0.6) is 0 Å². The second-order valence-electron chi connectivity index (χ2n) is 1.73. The molecular formula is C3H10O7S2. The van der Waals surface area contributed by atoms with Gasteiger partial charge in [0.2, 0.25) is 0 Å². The summed E-state index contributed by atoms with van der Waals surface area (Å²) >= 11 is 0. The highest BCUT2D eigenvalue weighted by molar-refractivity contribution is 7.85. The Morgan fingerprint density at radius 1 is 1.00 bits per heavy atom. The first-order valence-electron chi connectivity index (χ1n) is 2.71. The lowest BCUT2D eigenvalue weighted by molar-refractivity contribution is 0.381. The van der Waals surface area contributed by atoms with E-state index in [0.29, 0.717) is 6.42 Å². The largest absolute Gasteiger partial charge is 0.394 e. The van der Waals surface area contributed by atoms with Crippen molar-refractivity contribution in [1.82, 2.24) is 0 Å². The number of hydrogen-bond acceptors (Lipinski definition) is 4. The lowest BCUT2D eigenvalue weighted by Gasteiger charge is -1.85. The fraction of sp³-hybridized carbons (Fsp3) is 1.00. The molecule has 0 aromatic heterocycles. The van der Waals surface area contributed by atoms with Gasteiger partial charge in [0.15, 0.2) is 0 Å². The van der Waals surface area contributed by atoms with Crippen molar-refractivity contribution in [3.63, 3.8) is 0 Å². The Morgan fingerprint density at radius 3 is 1.25 bits per heavy atom. The molecule has 12 heavy (non-hydrogen) atoms. The molecule has 0 spiro atoms. The summed E-state index contributed by atoms with van der Waals surface area (Å²) in [7, 11) is -8.34. The van der Waals surface area contributed by atoms with E-state index in [1.165, 1.54) is 0 Å². The minimum Gasteiger partial charge on any atom is -0.286 e. The van der Waals surface area contributed by atoms with Crippen LogP contribution in [0.25, 0.3) is 0 Å².